The lowest BCUT2D eigenvalue weighted by Crippen LogP contribution is -3.14. The molecule has 0 aromatic heterocycles. The van der Waals surface area contributed by atoms with Crippen molar-refractivity contribution >= 4 is 21.6 Å². The van der Waals surface area contributed by atoms with Gasteiger partial charge in [-0.15, -0.1) is 0 Å². The fourth-order valence-corrected chi connectivity index (χ4v) is 5.30. The number of carbonyl (C=O) groups excluding carboxylic acids is 1. The van der Waals surface area contributed by atoms with Crippen molar-refractivity contribution in [3.05, 3.63) is 59.2 Å². The SMILES string of the molecule is CC[NH+]1CCC[C@H]1CNC(=O)c1ccc(NS(=O)(=O)c2cc(C)ccc2C)cc1. The van der Waals surface area contributed by atoms with E-state index in [1.807, 2.05) is 13.0 Å². The van der Waals surface area contributed by atoms with Crippen molar-refractivity contribution in [1.29, 1.82) is 0 Å². The van der Waals surface area contributed by atoms with Crippen LogP contribution >= 0.6 is 0 Å². The monoisotopic (exact) mass is 416 g/mol. The number of amides is 1. The number of likely N-dealkylation sites (tertiary alicyclic amines) is 1. The normalized spacial score (nSPS) is 19.1. The zero-order chi connectivity index (χ0) is 21.0. The summed E-state index contributed by atoms with van der Waals surface area (Å²) in [7, 11) is -3.68. The first-order chi connectivity index (χ1) is 13.8. The third-order valence-corrected chi connectivity index (χ3v) is 7.15. The molecule has 0 bridgehead atoms. The molecule has 1 fully saturated rings. The van der Waals surface area contributed by atoms with Crippen molar-refractivity contribution in [2.45, 2.75) is 44.6 Å². The van der Waals surface area contributed by atoms with Gasteiger partial charge in [0.15, 0.2) is 0 Å². The summed E-state index contributed by atoms with van der Waals surface area (Å²) in [6.45, 7) is 8.73. The minimum atomic E-state index is -3.68. The summed E-state index contributed by atoms with van der Waals surface area (Å²) in [6.07, 6.45) is 2.35. The molecule has 0 saturated carbocycles. The van der Waals surface area contributed by atoms with E-state index in [1.54, 1.807) is 48.2 Å². The number of nitrogens with one attached hydrogen (secondary N) is 3. The first-order valence-electron chi connectivity index (χ1n) is 10.1. The van der Waals surface area contributed by atoms with Crippen LogP contribution in [-0.4, -0.2) is 40.0 Å². The van der Waals surface area contributed by atoms with Crippen LogP contribution in [0.4, 0.5) is 5.69 Å². The zero-order valence-electron chi connectivity index (χ0n) is 17.3. The Morgan fingerprint density at radius 3 is 2.55 bits per heavy atom. The smallest absolute Gasteiger partial charge is 0.262 e. The number of likely N-dealkylation sites (N-methyl/N-ethyl adjacent to an activating group) is 1. The van der Waals surface area contributed by atoms with E-state index < -0.39 is 10.0 Å². The summed E-state index contributed by atoms with van der Waals surface area (Å²) in [6, 6.07) is 12.4. The third-order valence-electron chi connectivity index (χ3n) is 5.62. The summed E-state index contributed by atoms with van der Waals surface area (Å²) >= 11 is 0. The van der Waals surface area contributed by atoms with Gasteiger partial charge in [-0.25, -0.2) is 8.42 Å². The molecule has 6 nitrogen and oxygen atoms in total. The van der Waals surface area contributed by atoms with Crippen LogP contribution in [0.5, 0.6) is 0 Å². The number of aryl methyl sites for hydroxylation is 2. The van der Waals surface area contributed by atoms with Crippen LogP contribution in [0.1, 0.15) is 41.3 Å². The number of rotatable bonds is 7. The first-order valence-corrected chi connectivity index (χ1v) is 11.6. The Morgan fingerprint density at radius 1 is 1.14 bits per heavy atom. The fourth-order valence-electron chi connectivity index (χ4n) is 3.91. The lowest BCUT2D eigenvalue weighted by atomic mass is 10.1. The highest BCUT2D eigenvalue weighted by Crippen LogP contribution is 2.21. The predicted octanol–water partition coefficient (Wildman–Crippen LogP) is 1.90. The summed E-state index contributed by atoms with van der Waals surface area (Å²) in [5.41, 5.74) is 2.53. The topological polar surface area (TPSA) is 79.7 Å². The van der Waals surface area contributed by atoms with Crippen LogP contribution in [0.3, 0.4) is 0 Å². The van der Waals surface area contributed by atoms with Crippen molar-refractivity contribution < 1.29 is 18.1 Å². The Balaban J connectivity index is 1.63. The Bertz CT molecular complexity index is 971. The molecule has 1 amide bonds. The van der Waals surface area contributed by atoms with Crippen molar-refractivity contribution in [2.75, 3.05) is 24.4 Å². The van der Waals surface area contributed by atoms with Crippen molar-refractivity contribution in [3.8, 4) is 0 Å². The van der Waals surface area contributed by atoms with Gasteiger partial charge in [0.25, 0.3) is 15.9 Å². The largest absolute Gasteiger partial charge is 0.346 e. The summed E-state index contributed by atoms with van der Waals surface area (Å²) in [4.78, 5) is 14.2. The lowest BCUT2D eigenvalue weighted by Gasteiger charge is -2.20. The highest BCUT2D eigenvalue weighted by Gasteiger charge is 2.27. The zero-order valence-corrected chi connectivity index (χ0v) is 18.1. The average molecular weight is 417 g/mol. The molecule has 3 rings (SSSR count). The molecule has 1 aliphatic rings. The Morgan fingerprint density at radius 2 is 1.86 bits per heavy atom. The molecule has 1 heterocycles. The molecule has 3 N–H and O–H groups in total. The van der Waals surface area contributed by atoms with Gasteiger partial charge in [-0.05, 0) is 62.2 Å². The van der Waals surface area contributed by atoms with E-state index in [9.17, 15) is 13.2 Å². The number of sulfonamides is 1. The molecule has 29 heavy (non-hydrogen) atoms. The maximum Gasteiger partial charge on any atom is 0.262 e. The van der Waals surface area contributed by atoms with Crippen molar-refractivity contribution in [1.82, 2.24) is 5.32 Å². The fraction of sp³-hybridized carbons (Fsp3) is 0.409. The minimum absolute atomic E-state index is 0.128. The summed E-state index contributed by atoms with van der Waals surface area (Å²) < 4.78 is 28.0. The van der Waals surface area contributed by atoms with Gasteiger partial charge in [0.05, 0.1) is 24.5 Å². The molecule has 0 spiro atoms. The molecule has 1 saturated heterocycles. The van der Waals surface area contributed by atoms with Crippen molar-refractivity contribution in [2.24, 2.45) is 0 Å². The van der Waals surface area contributed by atoms with Crippen LogP contribution in [0.2, 0.25) is 0 Å². The van der Waals surface area contributed by atoms with E-state index in [-0.39, 0.29) is 10.8 Å². The highest BCUT2D eigenvalue weighted by atomic mass is 32.2. The molecule has 2 atom stereocenters. The second-order valence-electron chi connectivity index (χ2n) is 7.76. The predicted molar refractivity (Wildman–Crippen MR) is 115 cm³/mol. The molecule has 156 valence electrons. The highest BCUT2D eigenvalue weighted by molar-refractivity contribution is 7.92. The van der Waals surface area contributed by atoms with Gasteiger partial charge in [0.2, 0.25) is 0 Å². The Kier molecular flexibility index (Phi) is 6.59. The van der Waals surface area contributed by atoms with Crippen LogP contribution in [-0.2, 0) is 10.0 Å². The number of benzene rings is 2. The van der Waals surface area contributed by atoms with E-state index >= 15 is 0 Å². The average Bonchev–Trinajstić information content (AvgIpc) is 3.15. The van der Waals surface area contributed by atoms with E-state index in [0.29, 0.717) is 29.4 Å². The second kappa shape index (κ2) is 8.97. The third kappa shape index (κ3) is 5.16. The number of carbonyl (C=O) groups is 1. The molecule has 2 aromatic carbocycles. The second-order valence-corrected chi connectivity index (χ2v) is 9.41. The van der Waals surface area contributed by atoms with Gasteiger partial charge in [0.1, 0.15) is 6.04 Å². The number of hydrogen-bond donors (Lipinski definition) is 3. The van der Waals surface area contributed by atoms with E-state index in [2.05, 4.69) is 17.0 Å². The Labute approximate surface area is 173 Å². The van der Waals surface area contributed by atoms with Crippen LogP contribution in [0.15, 0.2) is 47.4 Å². The standard InChI is InChI=1S/C22H29N3O3S/c1-4-25-13-5-6-20(25)15-23-22(26)18-9-11-19(12-10-18)24-29(27,28)21-14-16(2)7-8-17(21)3/h7-12,14,20,24H,4-6,13,15H2,1-3H3,(H,23,26)/p+1/t20-/m0/s1. The van der Waals surface area contributed by atoms with Crippen LogP contribution in [0.25, 0.3) is 0 Å². The van der Waals surface area contributed by atoms with Gasteiger partial charge in [-0.3, -0.25) is 9.52 Å². The van der Waals surface area contributed by atoms with Crippen LogP contribution < -0.4 is 14.9 Å². The maximum atomic E-state index is 12.7. The molecule has 1 aliphatic heterocycles. The lowest BCUT2D eigenvalue weighted by molar-refractivity contribution is -0.909. The van der Waals surface area contributed by atoms with Crippen molar-refractivity contribution in [3.63, 3.8) is 0 Å². The summed E-state index contributed by atoms with van der Waals surface area (Å²) in [5.74, 6) is -0.128. The van der Waals surface area contributed by atoms with Gasteiger partial charge in [-0.2, -0.15) is 0 Å². The van der Waals surface area contributed by atoms with E-state index in [0.717, 1.165) is 18.5 Å². The quantitative estimate of drug-likeness (QED) is 0.645. The molecule has 0 aliphatic carbocycles. The number of quaternary nitrogens is 1. The Hall–Kier alpha value is -2.38. The molecule has 1 unspecified atom stereocenters. The number of hydrogen-bond acceptors (Lipinski definition) is 3. The van der Waals surface area contributed by atoms with Gasteiger partial charge < -0.3 is 10.2 Å². The van der Waals surface area contributed by atoms with Crippen LogP contribution in [0, 0.1) is 13.8 Å². The number of anilines is 1. The van der Waals surface area contributed by atoms with Gasteiger partial charge in [-0.1, -0.05) is 12.1 Å². The van der Waals surface area contributed by atoms with Gasteiger partial charge in [0, 0.05) is 24.1 Å². The molecular weight excluding hydrogens is 386 g/mol. The van der Waals surface area contributed by atoms with Gasteiger partial charge >= 0.3 is 0 Å². The minimum Gasteiger partial charge on any atom is -0.346 e. The molecule has 0 radical (unpaired) electrons. The molecule has 7 heteroatoms. The molecule has 2 aromatic rings. The van der Waals surface area contributed by atoms with E-state index in [1.165, 1.54) is 13.0 Å². The molecular formula is C22H30N3O3S+. The maximum absolute atomic E-state index is 12.7. The van der Waals surface area contributed by atoms with E-state index in [4.69, 9.17) is 0 Å². The summed E-state index contributed by atoms with van der Waals surface area (Å²) in [5, 5.41) is 3.01. The first kappa shape index (κ1) is 21.3.